The Morgan fingerprint density at radius 1 is 0.469 bits per heavy atom. The van der Waals surface area contributed by atoms with Gasteiger partial charge in [0.2, 0.25) is 0 Å². The molecule has 0 saturated carbocycles. The SMILES string of the molecule is CC(C)c1cc(-c2ccccc2)cc(C(C)C)c1-c1cc(-c2ccccn2)[c-]c(-c2ccccn2)c1.Oc1ccccc1-c1cc(-c2cc(F)cc(F)c2)cc(-c2[c-]cccc2)n1.[Ir]. The molecule has 0 saturated heterocycles. The third-order valence-corrected chi connectivity index (χ3v) is 10.8. The van der Waals surface area contributed by atoms with Gasteiger partial charge in [0.05, 0.1) is 5.69 Å². The van der Waals surface area contributed by atoms with Gasteiger partial charge in [0.15, 0.2) is 0 Å². The molecule has 0 bridgehead atoms. The molecule has 0 amide bonds. The van der Waals surface area contributed by atoms with Gasteiger partial charge in [0.1, 0.15) is 17.4 Å². The van der Waals surface area contributed by atoms with Crippen LogP contribution in [0.25, 0.3) is 78.4 Å². The standard InChI is InChI=1S/C34H31N2.C23H14F2NO.Ir/c1-23(2)30-21-26(25-12-6-5-7-13-25)22-31(24(3)4)34(30)29-19-27(32-14-8-10-16-35-32)18-28(20-29)33-15-9-11-17-36-33;24-18-10-16(11-19(25)14-18)17-12-21(15-6-2-1-3-7-15)26-22(13-17)20-8-4-5-9-23(20)27;/h5-17,19-24H,1-4H3;1-6,8-14,27H;/q2*-1;. The molecule has 0 fully saturated rings. The third-order valence-electron chi connectivity index (χ3n) is 10.8. The Bertz CT molecular complexity index is 2870. The minimum Gasteiger partial charge on any atom is -0.507 e. The molecule has 1 radical (unpaired) electrons. The van der Waals surface area contributed by atoms with Crippen molar-refractivity contribution in [2.24, 2.45) is 0 Å². The maximum absolute atomic E-state index is 13.7. The van der Waals surface area contributed by atoms with E-state index in [0.29, 0.717) is 39.9 Å². The smallest absolute Gasteiger partial charge is 0.126 e. The summed E-state index contributed by atoms with van der Waals surface area (Å²) in [5.41, 5.74) is 14.8. The van der Waals surface area contributed by atoms with Crippen LogP contribution in [0.1, 0.15) is 50.7 Å². The summed E-state index contributed by atoms with van der Waals surface area (Å²) in [4.78, 5) is 13.9. The number of phenols is 1. The number of hydrogen-bond donors (Lipinski definition) is 1. The van der Waals surface area contributed by atoms with E-state index >= 15 is 0 Å². The molecular formula is C57H45F2IrN3O-2. The van der Waals surface area contributed by atoms with Crippen molar-refractivity contribution >= 4 is 0 Å². The summed E-state index contributed by atoms with van der Waals surface area (Å²) in [6.07, 6.45) is 3.67. The number of benzene rings is 6. The molecule has 0 atom stereocenters. The van der Waals surface area contributed by atoms with Gasteiger partial charge in [0, 0.05) is 55.5 Å². The monoisotopic (exact) mass is 1020 g/mol. The Kier molecular flexibility index (Phi) is 14.5. The fraction of sp³-hybridized carbons (Fsp3) is 0.105. The topological polar surface area (TPSA) is 58.9 Å². The zero-order valence-corrected chi connectivity index (χ0v) is 38.2. The molecule has 9 rings (SSSR count). The summed E-state index contributed by atoms with van der Waals surface area (Å²) in [6, 6.07) is 59.6. The Morgan fingerprint density at radius 3 is 1.55 bits per heavy atom. The second-order valence-corrected chi connectivity index (χ2v) is 15.9. The van der Waals surface area contributed by atoms with E-state index in [2.05, 4.69) is 109 Å². The summed E-state index contributed by atoms with van der Waals surface area (Å²) in [7, 11) is 0. The van der Waals surface area contributed by atoms with Crippen LogP contribution in [0.2, 0.25) is 0 Å². The van der Waals surface area contributed by atoms with Gasteiger partial charge >= 0.3 is 0 Å². The van der Waals surface area contributed by atoms with Crippen LogP contribution in [0.15, 0.2) is 182 Å². The van der Waals surface area contributed by atoms with Gasteiger partial charge in [-0.3, -0.25) is 15.0 Å². The number of para-hydroxylation sites is 1. The van der Waals surface area contributed by atoms with Crippen LogP contribution in [0.4, 0.5) is 8.78 Å². The molecule has 7 heteroatoms. The van der Waals surface area contributed by atoms with Gasteiger partial charge in [0.25, 0.3) is 0 Å². The van der Waals surface area contributed by atoms with E-state index in [1.54, 1.807) is 42.5 Å². The molecule has 0 aliphatic rings. The molecule has 64 heavy (non-hydrogen) atoms. The number of rotatable bonds is 9. The van der Waals surface area contributed by atoms with Crippen LogP contribution in [0, 0.1) is 23.8 Å². The van der Waals surface area contributed by atoms with Gasteiger partial charge < -0.3 is 5.11 Å². The minimum absolute atomic E-state index is 0. The summed E-state index contributed by atoms with van der Waals surface area (Å²) in [5.74, 6) is -0.503. The van der Waals surface area contributed by atoms with E-state index in [0.717, 1.165) is 34.1 Å². The molecule has 319 valence electrons. The number of pyridine rings is 3. The van der Waals surface area contributed by atoms with Crippen molar-refractivity contribution in [1.82, 2.24) is 15.0 Å². The number of halogens is 2. The normalized spacial score (nSPS) is 10.9. The molecule has 1 N–H and O–H groups in total. The van der Waals surface area contributed by atoms with E-state index in [1.165, 1.54) is 45.5 Å². The molecule has 0 spiro atoms. The van der Waals surface area contributed by atoms with Crippen molar-refractivity contribution in [1.29, 1.82) is 0 Å². The fourth-order valence-electron chi connectivity index (χ4n) is 7.70. The quantitative estimate of drug-likeness (QED) is 0.146. The van der Waals surface area contributed by atoms with E-state index in [1.807, 2.05) is 67.0 Å². The van der Waals surface area contributed by atoms with E-state index in [4.69, 9.17) is 0 Å². The van der Waals surface area contributed by atoms with Gasteiger partial charge in [-0.15, -0.1) is 54.1 Å². The van der Waals surface area contributed by atoms with Crippen LogP contribution in [0.3, 0.4) is 0 Å². The second kappa shape index (κ2) is 20.5. The molecule has 6 aromatic carbocycles. The number of nitrogens with zero attached hydrogens (tertiary/aromatic N) is 3. The average Bonchev–Trinajstić information content (AvgIpc) is 3.32. The number of aromatic hydroxyl groups is 1. The van der Waals surface area contributed by atoms with E-state index in [-0.39, 0.29) is 25.9 Å². The fourth-order valence-corrected chi connectivity index (χ4v) is 7.70. The molecule has 0 aliphatic carbocycles. The maximum atomic E-state index is 13.7. The third kappa shape index (κ3) is 10.5. The maximum Gasteiger partial charge on any atom is 0.126 e. The van der Waals surface area contributed by atoms with Crippen molar-refractivity contribution in [3.05, 3.63) is 217 Å². The van der Waals surface area contributed by atoms with Crippen molar-refractivity contribution < 1.29 is 34.0 Å². The summed E-state index contributed by atoms with van der Waals surface area (Å²) < 4.78 is 27.4. The van der Waals surface area contributed by atoms with Crippen LogP contribution in [-0.2, 0) is 20.1 Å². The Labute approximate surface area is 387 Å². The summed E-state index contributed by atoms with van der Waals surface area (Å²) >= 11 is 0. The Balaban J connectivity index is 0.000000196. The van der Waals surface area contributed by atoms with Crippen LogP contribution < -0.4 is 0 Å². The first kappa shape index (κ1) is 45.1. The molecule has 9 aromatic rings. The van der Waals surface area contributed by atoms with Crippen molar-refractivity contribution in [2.75, 3.05) is 0 Å². The summed E-state index contributed by atoms with van der Waals surface area (Å²) in [6.45, 7) is 9.14. The van der Waals surface area contributed by atoms with Crippen molar-refractivity contribution in [3.63, 3.8) is 0 Å². The van der Waals surface area contributed by atoms with Crippen molar-refractivity contribution in [3.8, 4) is 84.2 Å². The molecule has 4 nitrogen and oxygen atoms in total. The average molecular weight is 1020 g/mol. The Morgan fingerprint density at radius 2 is 1.00 bits per heavy atom. The number of hydrogen-bond acceptors (Lipinski definition) is 4. The first-order valence-corrected chi connectivity index (χ1v) is 21.0. The predicted molar refractivity (Wildman–Crippen MR) is 252 cm³/mol. The first-order chi connectivity index (χ1) is 30.6. The van der Waals surface area contributed by atoms with Gasteiger partial charge in [-0.1, -0.05) is 129 Å². The van der Waals surface area contributed by atoms with Gasteiger partial charge in [-0.2, -0.15) is 0 Å². The van der Waals surface area contributed by atoms with Crippen LogP contribution in [0.5, 0.6) is 5.75 Å². The second-order valence-electron chi connectivity index (χ2n) is 15.9. The van der Waals surface area contributed by atoms with E-state index < -0.39 is 11.6 Å². The zero-order chi connectivity index (χ0) is 43.9. The number of aromatic nitrogens is 3. The first-order valence-electron chi connectivity index (χ1n) is 21.0. The number of phenolic OH excluding ortho intramolecular Hbond substituents is 1. The largest absolute Gasteiger partial charge is 0.507 e. The zero-order valence-electron chi connectivity index (χ0n) is 35.9. The van der Waals surface area contributed by atoms with Crippen LogP contribution >= 0.6 is 0 Å². The molecular weight excluding hydrogens is 973 g/mol. The minimum atomic E-state index is -0.654. The molecule has 0 aliphatic heterocycles. The van der Waals surface area contributed by atoms with Crippen molar-refractivity contribution in [2.45, 2.75) is 39.5 Å². The Hall–Kier alpha value is -6.92. The molecule has 3 aromatic heterocycles. The summed E-state index contributed by atoms with van der Waals surface area (Å²) in [5, 5.41) is 10.2. The van der Waals surface area contributed by atoms with Gasteiger partial charge in [-0.25, -0.2) is 8.78 Å². The van der Waals surface area contributed by atoms with E-state index in [9.17, 15) is 13.9 Å². The van der Waals surface area contributed by atoms with Gasteiger partial charge in [-0.05, 0) is 98.9 Å². The van der Waals surface area contributed by atoms with Crippen LogP contribution in [-0.4, -0.2) is 20.1 Å². The molecule has 0 unspecified atom stereocenters. The molecule has 3 heterocycles. The predicted octanol–water partition coefficient (Wildman–Crippen LogP) is 15.1.